The average Bonchev–Trinajstić information content (AvgIpc) is 2.38. The molecule has 2 aromatic rings. The average molecular weight is 343 g/mol. The third kappa shape index (κ3) is 3.52. The number of ether oxygens (including phenoxy) is 1. The molecule has 4 nitrogen and oxygen atoms in total. The lowest BCUT2D eigenvalue weighted by atomic mass is 10.2. The highest BCUT2D eigenvalue weighted by molar-refractivity contribution is 9.10. The molecule has 0 saturated carbocycles. The number of pyridine rings is 1. The van der Waals surface area contributed by atoms with Crippen molar-refractivity contribution >= 4 is 39.0 Å². The maximum atomic E-state index is 5.86. The highest BCUT2D eigenvalue weighted by Gasteiger charge is 2.04. The second kappa shape index (κ2) is 6.12. The van der Waals surface area contributed by atoms with E-state index in [1.165, 1.54) is 0 Å². The summed E-state index contributed by atoms with van der Waals surface area (Å²) in [5, 5.41) is 3.80. The standard InChI is InChI=1S/C13H13BrClN3O/c1-19-12-3-2-8(4-11(12)16)6-17-13-10(14)5-9(15)7-18-13/h2-5,7H,6,16H2,1H3,(H,17,18). The van der Waals surface area contributed by atoms with Gasteiger partial charge in [-0.2, -0.15) is 0 Å². The van der Waals surface area contributed by atoms with Gasteiger partial charge in [-0.05, 0) is 39.7 Å². The van der Waals surface area contributed by atoms with Gasteiger partial charge < -0.3 is 15.8 Å². The number of nitrogens with two attached hydrogens (primary N) is 1. The van der Waals surface area contributed by atoms with E-state index in [0.29, 0.717) is 23.0 Å². The Bertz CT molecular complexity index is 592. The zero-order valence-corrected chi connectivity index (χ0v) is 12.6. The first-order valence-electron chi connectivity index (χ1n) is 5.57. The summed E-state index contributed by atoms with van der Waals surface area (Å²) in [6, 6.07) is 7.46. The van der Waals surface area contributed by atoms with Crippen molar-refractivity contribution in [2.75, 3.05) is 18.2 Å². The number of nitrogens with one attached hydrogen (secondary N) is 1. The topological polar surface area (TPSA) is 60.2 Å². The zero-order chi connectivity index (χ0) is 13.8. The lowest BCUT2D eigenvalue weighted by molar-refractivity contribution is 0.417. The maximum absolute atomic E-state index is 5.86. The van der Waals surface area contributed by atoms with Crippen molar-refractivity contribution < 1.29 is 4.74 Å². The lowest BCUT2D eigenvalue weighted by Crippen LogP contribution is -2.03. The Labute approximate surface area is 125 Å². The van der Waals surface area contributed by atoms with Gasteiger partial charge in [0.05, 0.1) is 22.3 Å². The Hall–Kier alpha value is -1.46. The summed E-state index contributed by atoms with van der Waals surface area (Å²) in [6.07, 6.45) is 1.59. The first kappa shape index (κ1) is 14.0. The molecule has 1 aromatic heterocycles. The molecule has 100 valence electrons. The predicted octanol–water partition coefficient (Wildman–Crippen LogP) is 3.70. The highest BCUT2D eigenvalue weighted by atomic mass is 79.9. The maximum Gasteiger partial charge on any atom is 0.141 e. The fraction of sp³-hybridized carbons (Fsp3) is 0.154. The van der Waals surface area contributed by atoms with Crippen LogP contribution in [0.25, 0.3) is 0 Å². The van der Waals surface area contributed by atoms with Gasteiger partial charge >= 0.3 is 0 Å². The molecule has 0 aliphatic rings. The summed E-state index contributed by atoms with van der Waals surface area (Å²) in [4.78, 5) is 4.20. The van der Waals surface area contributed by atoms with E-state index >= 15 is 0 Å². The van der Waals surface area contributed by atoms with Crippen LogP contribution in [0.3, 0.4) is 0 Å². The molecule has 1 aromatic carbocycles. The van der Waals surface area contributed by atoms with E-state index in [-0.39, 0.29) is 0 Å². The van der Waals surface area contributed by atoms with E-state index < -0.39 is 0 Å². The number of nitrogen functional groups attached to an aromatic ring is 1. The van der Waals surface area contributed by atoms with Crippen LogP contribution in [0.1, 0.15) is 5.56 Å². The fourth-order valence-electron chi connectivity index (χ4n) is 1.62. The number of rotatable bonds is 4. The van der Waals surface area contributed by atoms with Gasteiger partial charge in [0.15, 0.2) is 0 Å². The Balaban J connectivity index is 2.08. The summed E-state index contributed by atoms with van der Waals surface area (Å²) >= 11 is 9.24. The van der Waals surface area contributed by atoms with Crippen LogP contribution in [-0.2, 0) is 6.54 Å². The van der Waals surface area contributed by atoms with E-state index in [2.05, 4.69) is 26.2 Å². The van der Waals surface area contributed by atoms with Gasteiger partial charge in [0, 0.05) is 12.7 Å². The number of halogens is 2. The van der Waals surface area contributed by atoms with E-state index in [1.54, 1.807) is 19.4 Å². The summed E-state index contributed by atoms with van der Waals surface area (Å²) in [5.74, 6) is 1.41. The number of benzene rings is 1. The molecule has 0 bridgehead atoms. The molecule has 0 spiro atoms. The quantitative estimate of drug-likeness (QED) is 0.832. The fourth-order valence-corrected chi connectivity index (χ4v) is 2.40. The Morgan fingerprint density at radius 3 is 2.84 bits per heavy atom. The molecular formula is C13H13BrClN3O. The zero-order valence-electron chi connectivity index (χ0n) is 10.3. The van der Waals surface area contributed by atoms with Crippen LogP contribution in [0.2, 0.25) is 5.02 Å². The SMILES string of the molecule is COc1ccc(CNc2ncc(Cl)cc2Br)cc1N. The van der Waals surface area contributed by atoms with Crippen LogP contribution in [0.4, 0.5) is 11.5 Å². The second-order valence-corrected chi connectivity index (χ2v) is 5.20. The van der Waals surface area contributed by atoms with E-state index in [0.717, 1.165) is 15.9 Å². The Kier molecular flexibility index (Phi) is 4.50. The minimum absolute atomic E-state index is 0.589. The summed E-state index contributed by atoms with van der Waals surface area (Å²) in [6.45, 7) is 0.613. The predicted molar refractivity (Wildman–Crippen MR) is 81.7 cm³/mol. The number of hydrogen-bond acceptors (Lipinski definition) is 4. The molecule has 0 unspecified atom stereocenters. The molecule has 0 atom stereocenters. The molecule has 0 radical (unpaired) electrons. The molecule has 19 heavy (non-hydrogen) atoms. The first-order valence-corrected chi connectivity index (χ1v) is 6.74. The minimum Gasteiger partial charge on any atom is -0.495 e. The highest BCUT2D eigenvalue weighted by Crippen LogP contribution is 2.25. The normalized spacial score (nSPS) is 10.3. The molecule has 0 fully saturated rings. The largest absolute Gasteiger partial charge is 0.495 e. The van der Waals surface area contributed by atoms with Gasteiger partial charge in [0.25, 0.3) is 0 Å². The minimum atomic E-state index is 0.589. The van der Waals surface area contributed by atoms with Gasteiger partial charge in [0.1, 0.15) is 11.6 Å². The summed E-state index contributed by atoms with van der Waals surface area (Å²) < 4.78 is 5.94. The number of hydrogen-bond donors (Lipinski definition) is 2. The van der Waals surface area contributed by atoms with Crippen molar-refractivity contribution in [1.82, 2.24) is 4.98 Å². The molecule has 1 heterocycles. The van der Waals surface area contributed by atoms with Crippen LogP contribution in [0.15, 0.2) is 34.9 Å². The van der Waals surface area contributed by atoms with Gasteiger partial charge in [-0.3, -0.25) is 0 Å². The summed E-state index contributed by atoms with van der Waals surface area (Å²) in [7, 11) is 1.60. The molecule has 6 heteroatoms. The van der Waals surface area contributed by atoms with Crippen molar-refractivity contribution in [2.24, 2.45) is 0 Å². The van der Waals surface area contributed by atoms with Crippen LogP contribution in [0, 0.1) is 0 Å². The number of nitrogens with zero attached hydrogens (tertiary/aromatic N) is 1. The number of anilines is 2. The van der Waals surface area contributed by atoms with E-state index in [4.69, 9.17) is 22.1 Å². The molecule has 0 aliphatic heterocycles. The smallest absolute Gasteiger partial charge is 0.141 e. The molecule has 0 aliphatic carbocycles. The van der Waals surface area contributed by atoms with E-state index in [9.17, 15) is 0 Å². The van der Waals surface area contributed by atoms with Gasteiger partial charge in [-0.25, -0.2) is 4.98 Å². The van der Waals surface area contributed by atoms with Crippen LogP contribution < -0.4 is 15.8 Å². The Morgan fingerprint density at radius 2 is 2.21 bits per heavy atom. The lowest BCUT2D eigenvalue weighted by Gasteiger charge is -2.10. The van der Waals surface area contributed by atoms with Gasteiger partial charge in [-0.15, -0.1) is 0 Å². The third-order valence-electron chi connectivity index (χ3n) is 2.56. The van der Waals surface area contributed by atoms with Crippen LogP contribution in [0.5, 0.6) is 5.75 Å². The first-order chi connectivity index (χ1) is 9.10. The summed E-state index contributed by atoms with van der Waals surface area (Å²) in [5.41, 5.74) is 7.51. The molecule has 2 rings (SSSR count). The number of methoxy groups -OCH3 is 1. The Morgan fingerprint density at radius 1 is 1.42 bits per heavy atom. The van der Waals surface area contributed by atoms with Crippen molar-refractivity contribution in [3.63, 3.8) is 0 Å². The van der Waals surface area contributed by atoms with Gasteiger partial charge in [0.2, 0.25) is 0 Å². The van der Waals surface area contributed by atoms with Crippen molar-refractivity contribution in [3.8, 4) is 5.75 Å². The van der Waals surface area contributed by atoms with Crippen LogP contribution in [-0.4, -0.2) is 12.1 Å². The van der Waals surface area contributed by atoms with Gasteiger partial charge in [-0.1, -0.05) is 17.7 Å². The molecule has 3 N–H and O–H groups in total. The van der Waals surface area contributed by atoms with Crippen molar-refractivity contribution in [1.29, 1.82) is 0 Å². The number of aromatic nitrogens is 1. The molecule has 0 amide bonds. The van der Waals surface area contributed by atoms with Crippen LogP contribution >= 0.6 is 27.5 Å². The van der Waals surface area contributed by atoms with Crippen molar-refractivity contribution in [3.05, 3.63) is 45.5 Å². The second-order valence-electron chi connectivity index (χ2n) is 3.91. The molecule has 0 saturated heterocycles. The third-order valence-corrected chi connectivity index (χ3v) is 3.37. The molecular weight excluding hydrogens is 330 g/mol. The van der Waals surface area contributed by atoms with E-state index in [1.807, 2.05) is 18.2 Å². The van der Waals surface area contributed by atoms with Crippen molar-refractivity contribution in [2.45, 2.75) is 6.54 Å². The monoisotopic (exact) mass is 341 g/mol.